The van der Waals surface area contributed by atoms with Gasteiger partial charge in [0.15, 0.2) is 5.82 Å². The van der Waals surface area contributed by atoms with Gasteiger partial charge >= 0.3 is 5.97 Å². The Kier molecular flexibility index (Phi) is 3.99. The molecule has 0 aliphatic heterocycles. The summed E-state index contributed by atoms with van der Waals surface area (Å²) < 4.78 is 0. The Morgan fingerprint density at radius 1 is 1.53 bits per heavy atom. The molecule has 0 bridgehead atoms. The summed E-state index contributed by atoms with van der Waals surface area (Å²) in [6, 6.07) is 2.05. The third kappa shape index (κ3) is 2.91. The van der Waals surface area contributed by atoms with Crippen LogP contribution >= 0.6 is 0 Å². The number of carbonyl (C=O) groups is 1. The van der Waals surface area contributed by atoms with E-state index in [0.717, 1.165) is 5.56 Å². The smallest absolute Gasteiger partial charge is 0.308 e. The van der Waals surface area contributed by atoms with Crippen molar-refractivity contribution in [3.05, 3.63) is 16.8 Å². The normalized spacial score (nSPS) is 11.6. The second-order valence-electron chi connectivity index (χ2n) is 3.87. The van der Waals surface area contributed by atoms with E-state index in [9.17, 15) is 4.79 Å². The maximum Gasteiger partial charge on any atom is 0.308 e. The van der Waals surface area contributed by atoms with E-state index in [4.69, 9.17) is 10.4 Å². The van der Waals surface area contributed by atoms with Crippen molar-refractivity contribution in [2.45, 2.75) is 20.8 Å². The molecule has 1 aromatic rings. The van der Waals surface area contributed by atoms with Crippen LogP contribution in [0.3, 0.4) is 0 Å². The van der Waals surface area contributed by atoms with Gasteiger partial charge in [0.25, 0.3) is 0 Å². The second-order valence-corrected chi connectivity index (χ2v) is 3.87. The van der Waals surface area contributed by atoms with Crippen LogP contribution in [0.25, 0.3) is 0 Å². The van der Waals surface area contributed by atoms with Crippen molar-refractivity contribution in [2.75, 3.05) is 11.9 Å². The third-order valence-corrected chi connectivity index (χ3v) is 2.56. The molecular formula is C11H14N4O2. The molecule has 1 unspecified atom stereocenters. The van der Waals surface area contributed by atoms with Gasteiger partial charge in [-0.25, -0.2) is 0 Å². The SMILES string of the molecule is Cc1nnc(NCC(C)C(=O)O)c(C#N)c1C. The summed E-state index contributed by atoms with van der Waals surface area (Å²) in [5.41, 5.74) is 1.86. The Balaban J connectivity index is 2.90. The average molecular weight is 234 g/mol. The molecule has 90 valence electrons. The summed E-state index contributed by atoms with van der Waals surface area (Å²) in [7, 11) is 0. The van der Waals surface area contributed by atoms with Crippen LogP contribution in [-0.2, 0) is 4.79 Å². The summed E-state index contributed by atoms with van der Waals surface area (Å²) in [5, 5.41) is 28.4. The number of carboxylic acid groups (broad SMARTS) is 1. The van der Waals surface area contributed by atoms with E-state index >= 15 is 0 Å². The number of nitrogens with zero attached hydrogens (tertiary/aromatic N) is 3. The molecular weight excluding hydrogens is 220 g/mol. The molecule has 0 radical (unpaired) electrons. The van der Waals surface area contributed by atoms with Gasteiger partial charge in [0, 0.05) is 6.54 Å². The molecule has 0 saturated carbocycles. The van der Waals surface area contributed by atoms with Gasteiger partial charge in [0.05, 0.1) is 11.6 Å². The van der Waals surface area contributed by atoms with E-state index in [-0.39, 0.29) is 6.54 Å². The minimum absolute atomic E-state index is 0.210. The van der Waals surface area contributed by atoms with Crippen LogP contribution < -0.4 is 5.32 Å². The summed E-state index contributed by atoms with van der Waals surface area (Å²) in [5.74, 6) is -1.11. The van der Waals surface area contributed by atoms with Crippen LogP contribution in [0.2, 0.25) is 0 Å². The first kappa shape index (κ1) is 12.9. The quantitative estimate of drug-likeness (QED) is 0.809. The maximum absolute atomic E-state index is 10.7. The molecule has 0 aromatic carbocycles. The fraction of sp³-hybridized carbons (Fsp3) is 0.455. The van der Waals surface area contributed by atoms with Gasteiger partial charge in [-0.1, -0.05) is 6.92 Å². The number of rotatable bonds is 4. The van der Waals surface area contributed by atoms with Crippen molar-refractivity contribution >= 4 is 11.8 Å². The summed E-state index contributed by atoms with van der Waals surface area (Å²) in [4.78, 5) is 10.7. The van der Waals surface area contributed by atoms with E-state index in [2.05, 4.69) is 15.5 Å². The summed E-state index contributed by atoms with van der Waals surface area (Å²) >= 11 is 0. The lowest BCUT2D eigenvalue weighted by Crippen LogP contribution is -2.21. The number of carboxylic acids is 1. The standard InChI is InChI=1S/C11H14N4O2/c1-6(11(16)17)5-13-10-9(4-12)7(2)8(3)14-15-10/h6H,5H2,1-3H3,(H,13,15)(H,16,17). The molecule has 1 atom stereocenters. The second kappa shape index (κ2) is 5.25. The van der Waals surface area contributed by atoms with Crippen LogP contribution in [0.1, 0.15) is 23.7 Å². The molecule has 1 aromatic heterocycles. The Hall–Kier alpha value is -2.16. The average Bonchev–Trinajstić information content (AvgIpc) is 2.30. The highest BCUT2D eigenvalue weighted by Crippen LogP contribution is 2.17. The van der Waals surface area contributed by atoms with E-state index in [1.807, 2.05) is 6.07 Å². The highest BCUT2D eigenvalue weighted by molar-refractivity contribution is 5.70. The topological polar surface area (TPSA) is 98.9 Å². The number of aryl methyl sites for hydroxylation is 1. The summed E-state index contributed by atoms with van der Waals surface area (Å²) in [6.45, 7) is 5.35. The van der Waals surface area contributed by atoms with Crippen LogP contribution in [0, 0.1) is 31.1 Å². The largest absolute Gasteiger partial charge is 0.481 e. The maximum atomic E-state index is 10.7. The van der Waals surface area contributed by atoms with Gasteiger partial charge in [-0.05, 0) is 19.4 Å². The van der Waals surface area contributed by atoms with E-state index in [0.29, 0.717) is 17.1 Å². The number of anilines is 1. The molecule has 17 heavy (non-hydrogen) atoms. The van der Waals surface area contributed by atoms with Crippen LogP contribution in [-0.4, -0.2) is 27.8 Å². The first-order valence-electron chi connectivity index (χ1n) is 5.18. The van der Waals surface area contributed by atoms with E-state index in [1.54, 1.807) is 20.8 Å². The molecule has 2 N–H and O–H groups in total. The Labute approximate surface area is 99.3 Å². The Morgan fingerprint density at radius 3 is 2.71 bits per heavy atom. The van der Waals surface area contributed by atoms with E-state index < -0.39 is 11.9 Å². The molecule has 1 heterocycles. The number of nitrogens with one attached hydrogen (secondary N) is 1. The van der Waals surface area contributed by atoms with Gasteiger partial charge in [0.1, 0.15) is 11.6 Å². The Morgan fingerprint density at radius 2 is 2.18 bits per heavy atom. The molecule has 0 spiro atoms. The third-order valence-electron chi connectivity index (χ3n) is 2.56. The van der Waals surface area contributed by atoms with Crippen molar-refractivity contribution in [3.8, 4) is 6.07 Å². The first-order valence-corrected chi connectivity index (χ1v) is 5.18. The van der Waals surface area contributed by atoms with Gasteiger partial charge < -0.3 is 10.4 Å². The minimum atomic E-state index is -0.896. The fourth-order valence-corrected chi connectivity index (χ4v) is 1.21. The number of aromatic nitrogens is 2. The lowest BCUT2D eigenvalue weighted by atomic mass is 10.1. The molecule has 0 aliphatic rings. The number of hydrogen-bond acceptors (Lipinski definition) is 5. The summed E-state index contributed by atoms with van der Waals surface area (Å²) in [6.07, 6.45) is 0. The molecule has 1 rings (SSSR count). The lowest BCUT2D eigenvalue weighted by Gasteiger charge is -2.11. The van der Waals surface area contributed by atoms with E-state index in [1.165, 1.54) is 0 Å². The lowest BCUT2D eigenvalue weighted by molar-refractivity contribution is -0.140. The van der Waals surface area contributed by atoms with Crippen molar-refractivity contribution < 1.29 is 9.90 Å². The van der Waals surface area contributed by atoms with Crippen molar-refractivity contribution in [2.24, 2.45) is 5.92 Å². The monoisotopic (exact) mass is 234 g/mol. The molecule has 0 saturated heterocycles. The van der Waals surface area contributed by atoms with Gasteiger partial charge in [-0.2, -0.15) is 10.4 Å². The number of hydrogen-bond donors (Lipinski definition) is 2. The zero-order chi connectivity index (χ0) is 13.0. The van der Waals surface area contributed by atoms with Crippen LogP contribution in [0.5, 0.6) is 0 Å². The highest BCUT2D eigenvalue weighted by atomic mass is 16.4. The van der Waals surface area contributed by atoms with Gasteiger partial charge in [0.2, 0.25) is 0 Å². The Bertz CT molecular complexity index is 479. The number of nitriles is 1. The molecule has 6 heteroatoms. The van der Waals surface area contributed by atoms with Crippen molar-refractivity contribution in [1.82, 2.24) is 10.2 Å². The van der Waals surface area contributed by atoms with Crippen molar-refractivity contribution in [3.63, 3.8) is 0 Å². The first-order chi connectivity index (χ1) is 7.97. The van der Waals surface area contributed by atoms with Crippen LogP contribution in [0.4, 0.5) is 5.82 Å². The zero-order valence-electron chi connectivity index (χ0n) is 9.98. The molecule has 0 amide bonds. The highest BCUT2D eigenvalue weighted by Gasteiger charge is 2.14. The zero-order valence-corrected chi connectivity index (χ0v) is 9.98. The predicted molar refractivity (Wildman–Crippen MR) is 61.5 cm³/mol. The molecule has 6 nitrogen and oxygen atoms in total. The fourth-order valence-electron chi connectivity index (χ4n) is 1.21. The van der Waals surface area contributed by atoms with Gasteiger partial charge in [-0.3, -0.25) is 4.79 Å². The van der Waals surface area contributed by atoms with Crippen LogP contribution in [0.15, 0.2) is 0 Å². The number of aliphatic carboxylic acids is 1. The minimum Gasteiger partial charge on any atom is -0.481 e. The molecule has 0 fully saturated rings. The molecule has 0 aliphatic carbocycles. The van der Waals surface area contributed by atoms with Gasteiger partial charge in [-0.15, -0.1) is 5.10 Å². The predicted octanol–water partition coefficient (Wildman–Crippen LogP) is 1.10. The van der Waals surface area contributed by atoms with Crippen molar-refractivity contribution in [1.29, 1.82) is 5.26 Å².